The van der Waals surface area contributed by atoms with E-state index >= 15 is 0 Å². The Hall–Kier alpha value is -0.0600. The van der Waals surface area contributed by atoms with E-state index in [-0.39, 0.29) is 0 Å². The summed E-state index contributed by atoms with van der Waals surface area (Å²) in [6, 6.07) is 0. The predicted octanol–water partition coefficient (Wildman–Crippen LogP) is 1.84. The van der Waals surface area contributed by atoms with Gasteiger partial charge in [0.1, 0.15) is 0 Å². The number of aromatic nitrogens is 2. The molecule has 1 heterocycles. The molecular weight excluding hydrogens is 227 g/mol. The maximum Gasteiger partial charge on any atom is 0.0529 e. The summed E-state index contributed by atoms with van der Waals surface area (Å²) in [5.41, 5.74) is 1.30. The van der Waals surface area contributed by atoms with Crippen LogP contribution in [0.4, 0.5) is 0 Å². The van der Waals surface area contributed by atoms with Gasteiger partial charge >= 0.3 is 0 Å². The van der Waals surface area contributed by atoms with E-state index in [9.17, 15) is 0 Å². The molecule has 3 heteroatoms. The minimum Gasteiger partial charge on any atom is -0.273 e. The van der Waals surface area contributed by atoms with Crippen LogP contribution in [0.1, 0.15) is 12.5 Å². The van der Waals surface area contributed by atoms with Crippen LogP contribution in [-0.4, -0.2) is 9.78 Å². The van der Waals surface area contributed by atoms with Crippen molar-refractivity contribution in [2.75, 3.05) is 0 Å². The summed E-state index contributed by atoms with van der Waals surface area (Å²) in [6.07, 6.45) is 3.99. The molecule has 0 aliphatic rings. The standard InChI is InChI=1S/C6H9IN2/c1-2-9-5-6(3-7)4-8-9/h4-5H,2-3H2,1H3. The van der Waals surface area contributed by atoms with Crippen LogP contribution in [0.3, 0.4) is 0 Å². The molecule has 0 aliphatic heterocycles. The third-order valence-electron chi connectivity index (χ3n) is 1.17. The van der Waals surface area contributed by atoms with E-state index < -0.39 is 0 Å². The van der Waals surface area contributed by atoms with E-state index in [4.69, 9.17) is 0 Å². The zero-order valence-corrected chi connectivity index (χ0v) is 7.50. The summed E-state index contributed by atoms with van der Waals surface area (Å²) < 4.78 is 2.99. The van der Waals surface area contributed by atoms with E-state index in [0.717, 1.165) is 11.0 Å². The molecule has 0 fully saturated rings. The Morgan fingerprint density at radius 1 is 1.78 bits per heavy atom. The van der Waals surface area contributed by atoms with Crippen LogP contribution in [-0.2, 0) is 11.0 Å². The molecule has 0 N–H and O–H groups in total. The average molecular weight is 236 g/mol. The topological polar surface area (TPSA) is 17.8 Å². The highest BCUT2D eigenvalue weighted by molar-refractivity contribution is 14.1. The van der Waals surface area contributed by atoms with Crippen molar-refractivity contribution in [3.63, 3.8) is 0 Å². The molecule has 50 valence electrons. The maximum absolute atomic E-state index is 4.12. The summed E-state index contributed by atoms with van der Waals surface area (Å²) in [5.74, 6) is 0. The molecular formula is C6H9IN2. The quantitative estimate of drug-likeness (QED) is 0.565. The SMILES string of the molecule is CCn1cc(CI)cn1. The Kier molecular flexibility index (Phi) is 2.50. The molecule has 1 aromatic heterocycles. The molecule has 0 amide bonds. The van der Waals surface area contributed by atoms with E-state index in [1.54, 1.807) is 0 Å². The van der Waals surface area contributed by atoms with E-state index in [2.05, 4.69) is 40.8 Å². The van der Waals surface area contributed by atoms with Gasteiger partial charge in [0.25, 0.3) is 0 Å². The van der Waals surface area contributed by atoms with Crippen LogP contribution in [0.25, 0.3) is 0 Å². The summed E-state index contributed by atoms with van der Waals surface area (Å²) >= 11 is 2.33. The van der Waals surface area contributed by atoms with Crippen molar-refractivity contribution in [1.82, 2.24) is 9.78 Å². The average Bonchev–Trinajstić information content (AvgIpc) is 2.34. The first-order valence-corrected chi connectivity index (χ1v) is 4.46. The van der Waals surface area contributed by atoms with Gasteiger partial charge in [0, 0.05) is 17.2 Å². The second-order valence-corrected chi connectivity index (χ2v) is 2.60. The van der Waals surface area contributed by atoms with Gasteiger partial charge in [0.05, 0.1) is 6.20 Å². The van der Waals surface area contributed by atoms with Gasteiger partial charge in [-0.25, -0.2) is 0 Å². The molecule has 0 atom stereocenters. The minimum atomic E-state index is 0.969. The van der Waals surface area contributed by atoms with Crippen molar-refractivity contribution >= 4 is 22.6 Å². The number of rotatable bonds is 2. The second kappa shape index (κ2) is 3.20. The zero-order chi connectivity index (χ0) is 6.69. The molecule has 0 aromatic carbocycles. The lowest BCUT2D eigenvalue weighted by Gasteiger charge is -1.89. The summed E-state index contributed by atoms with van der Waals surface area (Å²) in [6.45, 7) is 3.06. The summed E-state index contributed by atoms with van der Waals surface area (Å²) in [5, 5.41) is 4.12. The molecule has 0 saturated carbocycles. The lowest BCUT2D eigenvalue weighted by atomic mass is 10.4. The Morgan fingerprint density at radius 3 is 2.89 bits per heavy atom. The first kappa shape index (κ1) is 7.05. The molecule has 2 nitrogen and oxygen atoms in total. The Bertz CT molecular complexity index is 164. The highest BCUT2D eigenvalue weighted by Crippen LogP contribution is 2.02. The molecule has 1 aromatic rings. The first-order chi connectivity index (χ1) is 4.36. The van der Waals surface area contributed by atoms with Crippen LogP contribution < -0.4 is 0 Å². The van der Waals surface area contributed by atoms with Crippen molar-refractivity contribution in [3.05, 3.63) is 18.0 Å². The lowest BCUT2D eigenvalue weighted by molar-refractivity contribution is 0.659. The summed E-state index contributed by atoms with van der Waals surface area (Å²) in [7, 11) is 0. The van der Waals surface area contributed by atoms with Gasteiger partial charge < -0.3 is 0 Å². The molecule has 0 radical (unpaired) electrons. The normalized spacial score (nSPS) is 10.0. The molecule has 0 aliphatic carbocycles. The minimum absolute atomic E-state index is 0.969. The molecule has 0 spiro atoms. The van der Waals surface area contributed by atoms with Crippen molar-refractivity contribution in [2.24, 2.45) is 0 Å². The van der Waals surface area contributed by atoms with Gasteiger partial charge in [0.2, 0.25) is 0 Å². The van der Waals surface area contributed by atoms with Gasteiger partial charge in [-0.3, -0.25) is 4.68 Å². The maximum atomic E-state index is 4.12. The fraction of sp³-hybridized carbons (Fsp3) is 0.500. The number of halogens is 1. The lowest BCUT2D eigenvalue weighted by Crippen LogP contribution is -1.91. The first-order valence-electron chi connectivity index (χ1n) is 2.94. The van der Waals surface area contributed by atoms with Crippen molar-refractivity contribution in [1.29, 1.82) is 0 Å². The van der Waals surface area contributed by atoms with Crippen LogP contribution in [0, 0.1) is 0 Å². The third-order valence-corrected chi connectivity index (χ3v) is 2.05. The Morgan fingerprint density at radius 2 is 2.56 bits per heavy atom. The monoisotopic (exact) mass is 236 g/mol. The van der Waals surface area contributed by atoms with Crippen LogP contribution in [0.5, 0.6) is 0 Å². The molecule has 1 rings (SSSR count). The zero-order valence-electron chi connectivity index (χ0n) is 5.34. The van der Waals surface area contributed by atoms with Crippen LogP contribution >= 0.6 is 22.6 Å². The smallest absolute Gasteiger partial charge is 0.0529 e. The molecule has 0 bridgehead atoms. The fourth-order valence-electron chi connectivity index (χ4n) is 0.648. The third kappa shape index (κ3) is 1.67. The highest BCUT2D eigenvalue weighted by atomic mass is 127. The van der Waals surface area contributed by atoms with Crippen molar-refractivity contribution in [3.8, 4) is 0 Å². The van der Waals surface area contributed by atoms with E-state index in [1.807, 2.05) is 10.9 Å². The summed E-state index contributed by atoms with van der Waals surface area (Å²) in [4.78, 5) is 0. The van der Waals surface area contributed by atoms with Crippen molar-refractivity contribution < 1.29 is 0 Å². The van der Waals surface area contributed by atoms with Crippen LogP contribution in [0.2, 0.25) is 0 Å². The van der Waals surface area contributed by atoms with Crippen molar-refractivity contribution in [2.45, 2.75) is 17.9 Å². The Labute approximate surface area is 68.4 Å². The number of aryl methyl sites for hydroxylation is 1. The van der Waals surface area contributed by atoms with Gasteiger partial charge in [-0.1, -0.05) is 22.6 Å². The molecule has 0 unspecified atom stereocenters. The largest absolute Gasteiger partial charge is 0.273 e. The number of alkyl halides is 1. The predicted molar refractivity (Wildman–Crippen MR) is 45.6 cm³/mol. The van der Waals surface area contributed by atoms with Gasteiger partial charge in [-0.2, -0.15) is 5.10 Å². The highest BCUT2D eigenvalue weighted by Gasteiger charge is 1.91. The van der Waals surface area contributed by atoms with Gasteiger partial charge in [0.15, 0.2) is 0 Å². The van der Waals surface area contributed by atoms with Gasteiger partial charge in [-0.15, -0.1) is 0 Å². The fourth-order valence-corrected chi connectivity index (χ4v) is 1.04. The van der Waals surface area contributed by atoms with Gasteiger partial charge in [-0.05, 0) is 12.5 Å². The van der Waals surface area contributed by atoms with E-state index in [1.165, 1.54) is 5.56 Å². The van der Waals surface area contributed by atoms with Crippen LogP contribution in [0.15, 0.2) is 12.4 Å². The van der Waals surface area contributed by atoms with E-state index in [0.29, 0.717) is 0 Å². The molecule has 9 heavy (non-hydrogen) atoms. The second-order valence-electron chi connectivity index (χ2n) is 1.84. The number of nitrogens with zero attached hydrogens (tertiary/aromatic N) is 2. The number of hydrogen-bond acceptors (Lipinski definition) is 1. The number of hydrogen-bond donors (Lipinski definition) is 0. The Balaban J connectivity index is 2.74. The molecule has 0 saturated heterocycles.